The number of hydrogen-bond acceptors (Lipinski definition) is 3. The average Bonchev–Trinajstić information content (AvgIpc) is 2.49. The Hall–Kier alpha value is -0.500. The molecule has 0 bridgehead atoms. The minimum atomic E-state index is -0.336. The minimum Gasteiger partial charge on any atom is -0.495 e. The van der Waals surface area contributed by atoms with E-state index in [4.69, 9.17) is 26.8 Å². The SMILES string of the molecule is COc1ccc(C(N)c2ccc(I)c(Cl)c2)c(OC)c1Br. The number of benzene rings is 2. The maximum atomic E-state index is 6.37. The quantitative estimate of drug-likeness (QED) is 0.639. The van der Waals surface area contributed by atoms with E-state index in [1.165, 1.54) is 0 Å². The van der Waals surface area contributed by atoms with E-state index >= 15 is 0 Å². The number of hydrogen-bond donors (Lipinski definition) is 1. The van der Waals surface area contributed by atoms with E-state index in [-0.39, 0.29) is 6.04 Å². The molecule has 0 radical (unpaired) electrons. The summed E-state index contributed by atoms with van der Waals surface area (Å²) in [6.07, 6.45) is 0. The molecule has 6 heteroatoms. The smallest absolute Gasteiger partial charge is 0.141 e. The summed E-state index contributed by atoms with van der Waals surface area (Å²) in [6, 6.07) is 9.22. The van der Waals surface area contributed by atoms with Crippen molar-refractivity contribution in [2.45, 2.75) is 6.04 Å². The molecular formula is C15H14BrClINO2. The second-order valence-electron chi connectivity index (χ2n) is 4.36. The van der Waals surface area contributed by atoms with Gasteiger partial charge in [0.25, 0.3) is 0 Å². The van der Waals surface area contributed by atoms with Crippen LogP contribution in [0.2, 0.25) is 5.02 Å². The molecular weight excluding hydrogens is 468 g/mol. The second kappa shape index (κ2) is 7.17. The lowest BCUT2D eigenvalue weighted by Crippen LogP contribution is -2.13. The van der Waals surface area contributed by atoms with E-state index in [0.717, 1.165) is 19.2 Å². The fourth-order valence-corrected chi connectivity index (χ4v) is 3.26. The fourth-order valence-electron chi connectivity index (χ4n) is 2.05. The van der Waals surface area contributed by atoms with Gasteiger partial charge >= 0.3 is 0 Å². The number of methoxy groups -OCH3 is 2. The summed E-state index contributed by atoms with van der Waals surface area (Å²) in [6.45, 7) is 0. The van der Waals surface area contributed by atoms with Gasteiger partial charge < -0.3 is 15.2 Å². The van der Waals surface area contributed by atoms with Gasteiger partial charge in [-0.15, -0.1) is 0 Å². The summed E-state index contributed by atoms with van der Waals surface area (Å²) in [5, 5.41) is 0.690. The number of rotatable bonds is 4. The predicted molar refractivity (Wildman–Crippen MR) is 97.4 cm³/mol. The molecule has 0 saturated heterocycles. The molecule has 0 fully saturated rings. The molecule has 1 unspecified atom stereocenters. The van der Waals surface area contributed by atoms with Crippen LogP contribution in [0.5, 0.6) is 11.5 Å². The van der Waals surface area contributed by atoms with Crippen LogP contribution in [0, 0.1) is 3.57 Å². The van der Waals surface area contributed by atoms with Gasteiger partial charge in [-0.2, -0.15) is 0 Å². The van der Waals surface area contributed by atoms with Crippen molar-refractivity contribution in [1.29, 1.82) is 0 Å². The molecule has 2 aromatic rings. The third-order valence-corrected chi connectivity index (χ3v) is 5.48. The van der Waals surface area contributed by atoms with Gasteiger partial charge in [-0.3, -0.25) is 0 Å². The summed E-state index contributed by atoms with van der Waals surface area (Å²) in [4.78, 5) is 0. The normalized spacial score (nSPS) is 12.1. The largest absolute Gasteiger partial charge is 0.495 e. The topological polar surface area (TPSA) is 44.5 Å². The summed E-state index contributed by atoms with van der Waals surface area (Å²) in [5.41, 5.74) is 8.16. The fraction of sp³-hybridized carbons (Fsp3) is 0.200. The molecule has 2 N–H and O–H groups in total. The second-order valence-corrected chi connectivity index (χ2v) is 6.72. The van der Waals surface area contributed by atoms with Crippen LogP contribution in [0.1, 0.15) is 17.2 Å². The van der Waals surface area contributed by atoms with Crippen molar-refractivity contribution in [3.8, 4) is 11.5 Å². The van der Waals surface area contributed by atoms with E-state index in [1.807, 2.05) is 30.3 Å². The summed E-state index contributed by atoms with van der Waals surface area (Å²) in [7, 11) is 3.22. The minimum absolute atomic E-state index is 0.336. The molecule has 0 saturated carbocycles. The van der Waals surface area contributed by atoms with Crippen LogP contribution in [0.25, 0.3) is 0 Å². The Morgan fingerprint density at radius 2 is 1.90 bits per heavy atom. The third kappa shape index (κ3) is 3.47. The third-order valence-electron chi connectivity index (χ3n) is 3.15. The molecule has 0 aliphatic heterocycles. The highest BCUT2D eigenvalue weighted by molar-refractivity contribution is 14.1. The number of halogens is 3. The van der Waals surface area contributed by atoms with E-state index in [9.17, 15) is 0 Å². The van der Waals surface area contributed by atoms with Gasteiger partial charge in [0.2, 0.25) is 0 Å². The molecule has 1 atom stereocenters. The highest BCUT2D eigenvalue weighted by Gasteiger charge is 2.19. The van der Waals surface area contributed by atoms with E-state index in [1.54, 1.807) is 14.2 Å². The Morgan fingerprint density at radius 1 is 1.19 bits per heavy atom. The van der Waals surface area contributed by atoms with Crippen molar-refractivity contribution < 1.29 is 9.47 Å². The van der Waals surface area contributed by atoms with Crippen LogP contribution in [0.4, 0.5) is 0 Å². The molecule has 21 heavy (non-hydrogen) atoms. The van der Waals surface area contributed by atoms with Crippen molar-refractivity contribution in [3.05, 3.63) is 54.5 Å². The predicted octanol–water partition coefficient (Wildman–Crippen LogP) is 4.77. The maximum absolute atomic E-state index is 6.37. The highest BCUT2D eigenvalue weighted by Crippen LogP contribution is 2.40. The Labute approximate surface area is 151 Å². The summed E-state index contributed by atoms with van der Waals surface area (Å²) in [5.74, 6) is 1.36. The zero-order chi connectivity index (χ0) is 15.6. The maximum Gasteiger partial charge on any atom is 0.141 e. The Bertz CT molecular complexity index is 666. The molecule has 0 aliphatic carbocycles. The van der Waals surface area contributed by atoms with Crippen molar-refractivity contribution in [2.24, 2.45) is 5.73 Å². The molecule has 0 aliphatic rings. The Balaban J connectivity index is 2.50. The van der Waals surface area contributed by atoms with Gasteiger partial charge in [0.05, 0.1) is 25.3 Å². The Morgan fingerprint density at radius 3 is 2.48 bits per heavy atom. The zero-order valence-corrected chi connectivity index (χ0v) is 16.0. The molecule has 2 rings (SSSR count). The van der Waals surface area contributed by atoms with Crippen LogP contribution < -0.4 is 15.2 Å². The van der Waals surface area contributed by atoms with E-state index < -0.39 is 0 Å². The molecule has 0 heterocycles. The highest BCUT2D eigenvalue weighted by atomic mass is 127. The number of nitrogens with two attached hydrogens (primary N) is 1. The van der Waals surface area contributed by atoms with E-state index in [0.29, 0.717) is 16.5 Å². The van der Waals surface area contributed by atoms with Crippen LogP contribution in [0.3, 0.4) is 0 Å². The van der Waals surface area contributed by atoms with Gasteiger partial charge in [-0.25, -0.2) is 0 Å². The summed E-state index contributed by atoms with van der Waals surface area (Å²) >= 11 is 11.8. The molecule has 3 nitrogen and oxygen atoms in total. The number of ether oxygens (including phenoxy) is 2. The van der Waals surface area contributed by atoms with Crippen molar-refractivity contribution in [2.75, 3.05) is 14.2 Å². The standard InChI is InChI=1S/C15H14BrClINO2/c1-20-12-6-4-9(15(21-2)13(12)16)14(19)8-3-5-11(18)10(17)7-8/h3-7,14H,19H2,1-2H3. The molecule has 0 amide bonds. The first-order chi connectivity index (χ1) is 9.99. The van der Waals surface area contributed by atoms with Crippen LogP contribution in [-0.4, -0.2) is 14.2 Å². The molecule has 2 aromatic carbocycles. The van der Waals surface area contributed by atoms with Crippen LogP contribution in [0.15, 0.2) is 34.8 Å². The van der Waals surface area contributed by atoms with Crippen molar-refractivity contribution in [3.63, 3.8) is 0 Å². The molecule has 112 valence electrons. The van der Waals surface area contributed by atoms with Gasteiger partial charge in [0.15, 0.2) is 0 Å². The lowest BCUT2D eigenvalue weighted by Gasteiger charge is -2.19. The molecule has 0 aromatic heterocycles. The Kier molecular flexibility index (Phi) is 5.76. The zero-order valence-electron chi connectivity index (χ0n) is 11.5. The van der Waals surface area contributed by atoms with Crippen LogP contribution in [-0.2, 0) is 0 Å². The van der Waals surface area contributed by atoms with Gasteiger partial charge in [0, 0.05) is 9.13 Å². The van der Waals surface area contributed by atoms with Crippen molar-refractivity contribution in [1.82, 2.24) is 0 Å². The van der Waals surface area contributed by atoms with Crippen molar-refractivity contribution >= 4 is 50.1 Å². The first-order valence-electron chi connectivity index (χ1n) is 6.10. The lowest BCUT2D eigenvalue weighted by molar-refractivity contribution is 0.385. The monoisotopic (exact) mass is 481 g/mol. The average molecular weight is 483 g/mol. The van der Waals surface area contributed by atoms with Gasteiger partial charge in [0.1, 0.15) is 16.0 Å². The van der Waals surface area contributed by atoms with Gasteiger partial charge in [-0.1, -0.05) is 17.7 Å². The van der Waals surface area contributed by atoms with E-state index in [2.05, 4.69) is 38.5 Å². The first-order valence-corrected chi connectivity index (χ1v) is 8.35. The van der Waals surface area contributed by atoms with Crippen LogP contribution >= 0.6 is 50.1 Å². The molecule has 0 spiro atoms. The van der Waals surface area contributed by atoms with Gasteiger partial charge in [-0.05, 0) is 68.3 Å². The first kappa shape index (κ1) is 16.9. The summed E-state index contributed by atoms with van der Waals surface area (Å²) < 4.78 is 12.5. The lowest BCUT2D eigenvalue weighted by atomic mass is 9.98.